The Balaban J connectivity index is 2.08. The zero-order valence-corrected chi connectivity index (χ0v) is 14.3. The van der Waals surface area contributed by atoms with Crippen LogP contribution in [0.3, 0.4) is 0 Å². The number of nitrogens with zero attached hydrogens (tertiary/aromatic N) is 3. The van der Waals surface area contributed by atoms with Crippen LogP contribution in [0.5, 0.6) is 0 Å². The first kappa shape index (κ1) is 17.3. The van der Waals surface area contributed by atoms with Crippen molar-refractivity contribution in [2.75, 3.05) is 31.6 Å². The molecule has 2 rings (SSSR count). The maximum absolute atomic E-state index is 12.4. The van der Waals surface area contributed by atoms with Gasteiger partial charge in [0.05, 0.1) is 6.54 Å². The number of hydrogen-bond donors (Lipinski definition) is 2. The van der Waals surface area contributed by atoms with Crippen LogP contribution in [0.15, 0.2) is 10.6 Å². The third kappa shape index (κ3) is 4.01. The molecule has 0 radical (unpaired) electrons. The summed E-state index contributed by atoms with van der Waals surface area (Å²) in [6.45, 7) is 9.16. The summed E-state index contributed by atoms with van der Waals surface area (Å²) in [5.74, 6) is 1.16. The van der Waals surface area contributed by atoms with Crippen molar-refractivity contribution in [2.45, 2.75) is 39.3 Å². The van der Waals surface area contributed by atoms with E-state index in [1.165, 1.54) is 6.92 Å². The Morgan fingerprint density at radius 2 is 2.13 bits per heavy atom. The largest absolute Gasteiger partial charge is 0.359 e. The van der Waals surface area contributed by atoms with Crippen LogP contribution in [-0.4, -0.2) is 54.8 Å². The van der Waals surface area contributed by atoms with Gasteiger partial charge >= 0.3 is 6.03 Å². The Kier molecular flexibility index (Phi) is 4.93. The summed E-state index contributed by atoms with van der Waals surface area (Å²) < 4.78 is 5.38. The minimum atomic E-state index is -0.209. The predicted octanol–water partition coefficient (Wildman–Crippen LogP) is 0.896. The fourth-order valence-corrected chi connectivity index (χ4v) is 2.36. The summed E-state index contributed by atoms with van der Waals surface area (Å²) in [6, 6.07) is 1.68. The molecule has 1 aromatic heterocycles. The summed E-state index contributed by atoms with van der Waals surface area (Å²) >= 11 is 0. The van der Waals surface area contributed by atoms with Crippen LogP contribution in [0.2, 0.25) is 0 Å². The Bertz CT molecular complexity index is 578. The maximum Gasteiger partial charge on any atom is 0.327 e. The second-order valence-corrected chi connectivity index (χ2v) is 6.79. The predicted molar refractivity (Wildman–Crippen MR) is 86.2 cm³/mol. The smallest absolute Gasteiger partial charge is 0.327 e. The molecule has 23 heavy (non-hydrogen) atoms. The summed E-state index contributed by atoms with van der Waals surface area (Å²) in [5, 5.41) is 10.0. The number of rotatable bonds is 5. The minimum Gasteiger partial charge on any atom is -0.359 e. The molecule has 1 aliphatic heterocycles. The van der Waals surface area contributed by atoms with Gasteiger partial charge < -0.3 is 14.7 Å². The van der Waals surface area contributed by atoms with Crippen molar-refractivity contribution < 1.29 is 14.1 Å². The van der Waals surface area contributed by atoms with Crippen LogP contribution in [0.4, 0.5) is 10.6 Å². The Morgan fingerprint density at radius 1 is 1.43 bits per heavy atom. The molecule has 1 aromatic rings. The average Bonchev–Trinajstić information content (AvgIpc) is 3.01. The highest BCUT2D eigenvalue weighted by Crippen LogP contribution is 2.28. The van der Waals surface area contributed by atoms with Crippen LogP contribution in [0.1, 0.15) is 33.5 Å². The summed E-state index contributed by atoms with van der Waals surface area (Å²) in [4.78, 5) is 26.5. The van der Waals surface area contributed by atoms with E-state index in [2.05, 4.69) is 15.8 Å². The first-order valence-corrected chi connectivity index (χ1v) is 7.69. The van der Waals surface area contributed by atoms with Crippen LogP contribution < -0.4 is 15.5 Å². The lowest BCUT2D eigenvalue weighted by atomic mass is 9.93. The molecular weight excluding hydrogens is 298 g/mol. The molecule has 1 unspecified atom stereocenters. The van der Waals surface area contributed by atoms with Crippen molar-refractivity contribution >= 4 is 17.8 Å². The van der Waals surface area contributed by atoms with Crippen molar-refractivity contribution in [3.05, 3.63) is 11.8 Å². The number of carbonyl (C=O) groups is 2. The number of hydrogen-bond acceptors (Lipinski definition) is 5. The quantitative estimate of drug-likeness (QED) is 0.786. The van der Waals surface area contributed by atoms with Gasteiger partial charge in [0.15, 0.2) is 5.82 Å². The number of likely N-dealkylation sites (N-methyl/N-ethyl adjacent to an activating group) is 1. The van der Waals surface area contributed by atoms with E-state index in [4.69, 9.17) is 4.52 Å². The SMILES string of the molecule is CC(=O)NCCNC1CN(C)C(=O)N1c1cc(C(C)(C)C)on1. The lowest BCUT2D eigenvalue weighted by molar-refractivity contribution is -0.118. The molecule has 0 bridgehead atoms. The van der Waals surface area contributed by atoms with E-state index in [0.29, 0.717) is 25.5 Å². The van der Waals surface area contributed by atoms with E-state index in [1.54, 1.807) is 22.9 Å². The highest BCUT2D eigenvalue weighted by molar-refractivity contribution is 5.93. The van der Waals surface area contributed by atoms with E-state index in [9.17, 15) is 9.59 Å². The molecule has 1 fully saturated rings. The monoisotopic (exact) mass is 323 g/mol. The van der Waals surface area contributed by atoms with Crippen molar-refractivity contribution in [1.82, 2.24) is 20.7 Å². The van der Waals surface area contributed by atoms with Crippen molar-refractivity contribution in [2.24, 2.45) is 0 Å². The molecule has 8 heteroatoms. The Morgan fingerprint density at radius 3 is 2.70 bits per heavy atom. The van der Waals surface area contributed by atoms with Crippen molar-refractivity contribution in [3.63, 3.8) is 0 Å². The molecule has 3 amide bonds. The number of aromatic nitrogens is 1. The van der Waals surface area contributed by atoms with Crippen LogP contribution >= 0.6 is 0 Å². The molecule has 128 valence electrons. The van der Waals surface area contributed by atoms with Gasteiger partial charge in [0.1, 0.15) is 11.9 Å². The van der Waals surface area contributed by atoms with E-state index in [0.717, 1.165) is 5.76 Å². The highest BCUT2D eigenvalue weighted by Gasteiger charge is 2.38. The standard InChI is InChI=1S/C15H25N5O3/c1-10(21)16-6-7-17-13-9-19(5)14(22)20(13)12-8-11(23-18-12)15(2,3)4/h8,13,17H,6-7,9H2,1-5H3,(H,16,21). The van der Waals surface area contributed by atoms with Gasteiger partial charge in [-0.1, -0.05) is 25.9 Å². The second-order valence-electron chi connectivity index (χ2n) is 6.79. The fraction of sp³-hybridized carbons (Fsp3) is 0.667. The first-order chi connectivity index (χ1) is 10.7. The lowest BCUT2D eigenvalue weighted by Crippen LogP contribution is -2.47. The van der Waals surface area contributed by atoms with Gasteiger partial charge in [0.2, 0.25) is 5.91 Å². The number of carbonyl (C=O) groups excluding carboxylic acids is 2. The zero-order valence-electron chi connectivity index (χ0n) is 14.3. The molecule has 0 spiro atoms. The fourth-order valence-electron chi connectivity index (χ4n) is 2.36. The molecule has 2 heterocycles. The molecule has 1 saturated heterocycles. The third-order valence-electron chi connectivity index (χ3n) is 3.65. The summed E-state index contributed by atoms with van der Waals surface area (Å²) in [6.07, 6.45) is -0.209. The Labute approximate surface area is 136 Å². The van der Waals surface area contributed by atoms with E-state index >= 15 is 0 Å². The van der Waals surface area contributed by atoms with Gasteiger partial charge in [-0.05, 0) is 0 Å². The summed E-state index contributed by atoms with van der Waals surface area (Å²) in [7, 11) is 1.75. The number of nitrogens with one attached hydrogen (secondary N) is 2. The lowest BCUT2D eigenvalue weighted by Gasteiger charge is -2.21. The zero-order chi connectivity index (χ0) is 17.2. The minimum absolute atomic E-state index is 0.0745. The van der Waals surface area contributed by atoms with Gasteiger partial charge in [0, 0.05) is 38.5 Å². The number of amides is 3. The summed E-state index contributed by atoms with van der Waals surface area (Å²) in [5.41, 5.74) is -0.172. The average molecular weight is 323 g/mol. The molecule has 2 N–H and O–H groups in total. The number of urea groups is 1. The highest BCUT2D eigenvalue weighted by atomic mass is 16.5. The Hall–Kier alpha value is -2.09. The molecule has 1 aliphatic rings. The van der Waals surface area contributed by atoms with Crippen molar-refractivity contribution in [1.29, 1.82) is 0 Å². The molecule has 0 aliphatic carbocycles. The van der Waals surface area contributed by atoms with Gasteiger partial charge in [-0.3, -0.25) is 15.0 Å². The van der Waals surface area contributed by atoms with Gasteiger partial charge in [-0.25, -0.2) is 4.79 Å². The van der Waals surface area contributed by atoms with Gasteiger partial charge in [-0.15, -0.1) is 0 Å². The van der Waals surface area contributed by atoms with Crippen LogP contribution in [0.25, 0.3) is 0 Å². The first-order valence-electron chi connectivity index (χ1n) is 7.69. The normalized spacial score (nSPS) is 18.7. The van der Waals surface area contributed by atoms with Gasteiger partial charge in [0.25, 0.3) is 0 Å². The molecule has 0 saturated carbocycles. The van der Waals surface area contributed by atoms with Crippen LogP contribution in [0, 0.1) is 0 Å². The third-order valence-corrected chi connectivity index (χ3v) is 3.65. The molecule has 0 aromatic carbocycles. The van der Waals surface area contributed by atoms with E-state index in [1.807, 2.05) is 20.8 Å². The van der Waals surface area contributed by atoms with E-state index in [-0.39, 0.29) is 23.5 Å². The molecule has 1 atom stereocenters. The van der Waals surface area contributed by atoms with E-state index < -0.39 is 0 Å². The maximum atomic E-state index is 12.4. The van der Waals surface area contributed by atoms with Gasteiger partial charge in [-0.2, -0.15) is 0 Å². The number of anilines is 1. The molecule has 8 nitrogen and oxygen atoms in total. The van der Waals surface area contributed by atoms with Crippen LogP contribution in [-0.2, 0) is 10.2 Å². The topological polar surface area (TPSA) is 90.7 Å². The molecular formula is C15H25N5O3. The second kappa shape index (κ2) is 6.57. The van der Waals surface area contributed by atoms with Crippen molar-refractivity contribution in [3.8, 4) is 0 Å².